The van der Waals surface area contributed by atoms with Crippen LogP contribution in [0.1, 0.15) is 5.69 Å². The van der Waals surface area contributed by atoms with Crippen molar-refractivity contribution in [1.29, 1.82) is 0 Å². The molecule has 0 radical (unpaired) electrons. The third-order valence-corrected chi connectivity index (χ3v) is 2.18. The molecule has 0 aromatic carbocycles. The number of alkyl halides is 2. The van der Waals surface area contributed by atoms with Gasteiger partial charge in [-0.15, -0.1) is 0 Å². The van der Waals surface area contributed by atoms with Gasteiger partial charge in [0, 0.05) is 18.0 Å². The Morgan fingerprint density at radius 1 is 1.60 bits per heavy atom. The molecule has 0 saturated carbocycles. The van der Waals surface area contributed by atoms with Crippen molar-refractivity contribution < 1.29 is 18.3 Å². The molecule has 1 aliphatic heterocycles. The highest BCUT2D eigenvalue weighted by Crippen LogP contribution is 2.29. The van der Waals surface area contributed by atoms with Crippen LogP contribution >= 0.6 is 0 Å². The molecule has 0 amide bonds. The van der Waals surface area contributed by atoms with E-state index in [0.29, 0.717) is 5.75 Å². The van der Waals surface area contributed by atoms with E-state index in [1.807, 2.05) is 0 Å². The lowest BCUT2D eigenvalue weighted by Crippen LogP contribution is -2.36. The Morgan fingerprint density at radius 3 is 3.00 bits per heavy atom. The zero-order valence-corrected chi connectivity index (χ0v) is 8.24. The van der Waals surface area contributed by atoms with Gasteiger partial charge in [-0.05, 0) is 13.0 Å². The van der Waals surface area contributed by atoms with Gasteiger partial charge in [0.25, 0.3) is 0 Å². The fourth-order valence-electron chi connectivity index (χ4n) is 1.39. The first-order valence-corrected chi connectivity index (χ1v) is 4.63. The van der Waals surface area contributed by atoms with Gasteiger partial charge in [-0.2, -0.15) is 8.78 Å². The van der Waals surface area contributed by atoms with Crippen molar-refractivity contribution in [3.8, 4) is 5.75 Å². The van der Waals surface area contributed by atoms with Crippen molar-refractivity contribution >= 4 is 0 Å². The lowest BCUT2D eigenvalue weighted by molar-refractivity contribution is -0.0659. The first-order chi connectivity index (χ1) is 7.08. The summed E-state index contributed by atoms with van der Waals surface area (Å²) in [5.41, 5.74) is 0.731. The molecule has 1 aliphatic rings. The van der Waals surface area contributed by atoms with Crippen LogP contribution in [0.25, 0.3) is 0 Å². The van der Waals surface area contributed by atoms with E-state index in [1.54, 1.807) is 19.1 Å². The van der Waals surface area contributed by atoms with E-state index in [9.17, 15) is 8.78 Å². The molecule has 1 saturated heterocycles. The number of hydrogen-bond donors (Lipinski definition) is 0. The molecule has 1 aromatic rings. The minimum atomic E-state index is -2.91. The van der Waals surface area contributed by atoms with Crippen LogP contribution in [0.5, 0.6) is 5.75 Å². The van der Waals surface area contributed by atoms with E-state index < -0.39 is 18.6 Å². The summed E-state index contributed by atoms with van der Waals surface area (Å²) >= 11 is 0. The van der Waals surface area contributed by atoms with Crippen LogP contribution < -0.4 is 4.74 Å². The molecule has 15 heavy (non-hydrogen) atoms. The second-order valence-corrected chi connectivity index (χ2v) is 3.52. The third kappa shape index (κ3) is 2.23. The summed E-state index contributed by atoms with van der Waals surface area (Å²) in [6.45, 7) is 1.13. The van der Waals surface area contributed by atoms with Gasteiger partial charge in [-0.1, -0.05) is 0 Å². The fourth-order valence-corrected chi connectivity index (χ4v) is 1.39. The van der Waals surface area contributed by atoms with E-state index in [2.05, 4.69) is 9.72 Å². The predicted octanol–water partition coefficient (Wildman–Crippen LogP) is 1.80. The molecule has 0 spiro atoms. The molecule has 0 bridgehead atoms. The second-order valence-electron chi connectivity index (χ2n) is 3.52. The molecule has 0 aliphatic carbocycles. The Hall–Kier alpha value is -1.23. The van der Waals surface area contributed by atoms with Gasteiger partial charge in [0.05, 0.1) is 6.61 Å². The SMILES string of the molecule is Cc1cc(OC2COCC2(F)F)ccn1. The number of halogens is 2. The van der Waals surface area contributed by atoms with Gasteiger partial charge in [0.15, 0.2) is 6.10 Å². The van der Waals surface area contributed by atoms with Crippen molar-refractivity contribution in [3.63, 3.8) is 0 Å². The number of aromatic nitrogens is 1. The van der Waals surface area contributed by atoms with Crippen molar-refractivity contribution in [2.45, 2.75) is 19.0 Å². The Balaban J connectivity index is 2.09. The Labute approximate surface area is 86.0 Å². The molecule has 1 atom stereocenters. The third-order valence-electron chi connectivity index (χ3n) is 2.18. The van der Waals surface area contributed by atoms with Gasteiger partial charge >= 0.3 is 5.92 Å². The lowest BCUT2D eigenvalue weighted by Gasteiger charge is -2.18. The lowest BCUT2D eigenvalue weighted by atomic mass is 10.2. The largest absolute Gasteiger partial charge is 0.481 e. The molecule has 1 aromatic heterocycles. The minimum absolute atomic E-state index is 0.0750. The highest BCUT2D eigenvalue weighted by atomic mass is 19.3. The maximum Gasteiger partial charge on any atom is 0.309 e. The van der Waals surface area contributed by atoms with Gasteiger partial charge in [0.1, 0.15) is 12.4 Å². The molecular formula is C10H11F2NO2. The molecular weight excluding hydrogens is 204 g/mol. The van der Waals surface area contributed by atoms with Crippen LogP contribution in [-0.2, 0) is 4.74 Å². The second kappa shape index (κ2) is 3.73. The maximum atomic E-state index is 13.1. The maximum absolute atomic E-state index is 13.1. The predicted molar refractivity (Wildman–Crippen MR) is 49.2 cm³/mol. The Bertz CT molecular complexity index is 357. The summed E-state index contributed by atoms with van der Waals surface area (Å²) in [5, 5.41) is 0. The number of ether oxygens (including phenoxy) is 2. The number of rotatable bonds is 2. The normalized spacial score (nSPS) is 24.1. The standard InChI is InChI=1S/C10H11F2NO2/c1-7-4-8(2-3-13-7)15-9-5-14-6-10(9,11)12/h2-4,9H,5-6H2,1H3. The van der Waals surface area contributed by atoms with Crippen LogP contribution in [0.2, 0.25) is 0 Å². The van der Waals surface area contributed by atoms with E-state index in [0.717, 1.165) is 5.69 Å². The number of nitrogens with zero attached hydrogens (tertiary/aromatic N) is 1. The quantitative estimate of drug-likeness (QED) is 0.753. The van der Waals surface area contributed by atoms with Crippen LogP contribution in [0.4, 0.5) is 8.78 Å². The fraction of sp³-hybridized carbons (Fsp3) is 0.500. The zero-order chi connectivity index (χ0) is 10.9. The summed E-state index contributed by atoms with van der Waals surface area (Å²) < 4.78 is 36.1. The van der Waals surface area contributed by atoms with E-state index >= 15 is 0 Å². The van der Waals surface area contributed by atoms with Crippen molar-refractivity contribution in [2.24, 2.45) is 0 Å². The van der Waals surface area contributed by atoms with E-state index in [4.69, 9.17) is 4.74 Å². The topological polar surface area (TPSA) is 31.4 Å². The monoisotopic (exact) mass is 215 g/mol. The van der Waals surface area contributed by atoms with Crippen molar-refractivity contribution in [1.82, 2.24) is 4.98 Å². The molecule has 0 N–H and O–H groups in total. The average Bonchev–Trinajstić information content (AvgIpc) is 2.46. The number of aryl methyl sites for hydroxylation is 1. The first-order valence-electron chi connectivity index (χ1n) is 4.63. The molecule has 82 valence electrons. The Kier molecular flexibility index (Phi) is 2.56. The Morgan fingerprint density at radius 2 is 2.40 bits per heavy atom. The molecule has 2 heterocycles. The molecule has 5 heteroatoms. The highest BCUT2D eigenvalue weighted by molar-refractivity contribution is 5.22. The van der Waals surface area contributed by atoms with Crippen molar-refractivity contribution in [3.05, 3.63) is 24.0 Å². The highest BCUT2D eigenvalue weighted by Gasteiger charge is 2.47. The summed E-state index contributed by atoms with van der Waals surface area (Å²) in [6, 6.07) is 3.18. The van der Waals surface area contributed by atoms with Gasteiger partial charge in [-0.3, -0.25) is 4.98 Å². The van der Waals surface area contributed by atoms with Crippen LogP contribution in [0.15, 0.2) is 18.3 Å². The van der Waals surface area contributed by atoms with Gasteiger partial charge in [0.2, 0.25) is 0 Å². The first kappa shape index (κ1) is 10.3. The van der Waals surface area contributed by atoms with E-state index in [1.165, 1.54) is 6.20 Å². The van der Waals surface area contributed by atoms with Crippen LogP contribution in [0.3, 0.4) is 0 Å². The van der Waals surface area contributed by atoms with Gasteiger partial charge < -0.3 is 9.47 Å². The van der Waals surface area contributed by atoms with Crippen LogP contribution in [0, 0.1) is 6.92 Å². The zero-order valence-electron chi connectivity index (χ0n) is 8.24. The molecule has 1 unspecified atom stereocenters. The summed E-state index contributed by atoms with van der Waals surface area (Å²) in [7, 11) is 0. The summed E-state index contributed by atoms with van der Waals surface area (Å²) in [6.07, 6.45) is 0.331. The van der Waals surface area contributed by atoms with E-state index in [-0.39, 0.29) is 6.61 Å². The molecule has 3 nitrogen and oxygen atoms in total. The smallest absolute Gasteiger partial charge is 0.309 e. The molecule has 2 rings (SSSR count). The number of pyridine rings is 1. The summed E-state index contributed by atoms with van der Waals surface area (Å²) in [5.74, 6) is -2.50. The minimum Gasteiger partial charge on any atom is -0.481 e. The average molecular weight is 215 g/mol. The van der Waals surface area contributed by atoms with Crippen LogP contribution in [-0.4, -0.2) is 30.2 Å². The van der Waals surface area contributed by atoms with Gasteiger partial charge in [-0.25, -0.2) is 0 Å². The molecule has 1 fully saturated rings. The van der Waals surface area contributed by atoms with Crippen molar-refractivity contribution in [2.75, 3.05) is 13.2 Å². The summed E-state index contributed by atoms with van der Waals surface area (Å²) in [4.78, 5) is 3.95. The number of hydrogen-bond acceptors (Lipinski definition) is 3.